The van der Waals surface area contributed by atoms with E-state index in [9.17, 15) is 28.0 Å². The second-order valence-corrected chi connectivity index (χ2v) is 10.0. The largest absolute Gasteiger partial charge is 0.497 e. The maximum atomic E-state index is 14.4. The number of rotatable bonds is 7. The Labute approximate surface area is 224 Å². The fraction of sp³-hybridized carbons (Fsp3) is 0.429. The van der Waals surface area contributed by atoms with Gasteiger partial charge in [-0.2, -0.15) is 0 Å². The molecule has 0 aliphatic carbocycles. The minimum atomic E-state index is -0.830. The van der Waals surface area contributed by atoms with Gasteiger partial charge in [0.15, 0.2) is 0 Å². The molecule has 1 N–H and O–H groups in total. The van der Waals surface area contributed by atoms with E-state index in [1.165, 1.54) is 12.0 Å². The summed E-state index contributed by atoms with van der Waals surface area (Å²) in [6, 6.07) is 6.21. The molecular formula is C28H29F2N3O6. The van der Waals surface area contributed by atoms with Gasteiger partial charge in [-0.05, 0) is 49.4 Å². The summed E-state index contributed by atoms with van der Waals surface area (Å²) < 4.78 is 39.8. The first kappa shape index (κ1) is 26.6. The van der Waals surface area contributed by atoms with Crippen LogP contribution < -0.4 is 14.8 Å². The Morgan fingerprint density at radius 2 is 1.82 bits per heavy atom. The van der Waals surface area contributed by atoms with Gasteiger partial charge in [-0.3, -0.25) is 24.5 Å². The average Bonchev–Trinajstić information content (AvgIpc) is 3.24. The number of methoxy groups -OCH3 is 1. The lowest BCUT2D eigenvalue weighted by Crippen LogP contribution is -2.52. The van der Waals surface area contributed by atoms with E-state index in [4.69, 9.17) is 9.47 Å². The maximum Gasteiger partial charge on any atom is 0.255 e. The number of fused-ring (bicyclic) bond motifs is 1. The Hall–Kier alpha value is -4.02. The third-order valence-electron chi connectivity index (χ3n) is 7.56. The molecule has 2 aromatic carbocycles. The number of ether oxygens (including phenoxy) is 2. The van der Waals surface area contributed by atoms with Gasteiger partial charge in [0, 0.05) is 42.8 Å². The topological polar surface area (TPSA) is 105 Å². The number of halogens is 2. The number of carbonyl (C=O) groups is 4. The molecule has 2 saturated heterocycles. The maximum absolute atomic E-state index is 14.4. The van der Waals surface area contributed by atoms with Crippen LogP contribution in [0, 0.1) is 11.6 Å². The van der Waals surface area contributed by atoms with Crippen molar-refractivity contribution < 1.29 is 37.4 Å². The molecule has 2 aromatic rings. The fourth-order valence-electron chi connectivity index (χ4n) is 5.45. The van der Waals surface area contributed by atoms with E-state index in [0.717, 1.165) is 25.0 Å². The van der Waals surface area contributed by atoms with Crippen molar-refractivity contribution in [1.82, 2.24) is 15.1 Å². The lowest BCUT2D eigenvalue weighted by atomic mass is 10.0. The summed E-state index contributed by atoms with van der Waals surface area (Å²) in [5, 5.41) is 2.29. The van der Waals surface area contributed by atoms with Crippen molar-refractivity contribution in [2.75, 3.05) is 20.3 Å². The van der Waals surface area contributed by atoms with E-state index in [-0.39, 0.29) is 61.1 Å². The molecular weight excluding hydrogens is 512 g/mol. The highest BCUT2D eigenvalue weighted by molar-refractivity contribution is 6.05. The van der Waals surface area contributed by atoms with Crippen LogP contribution in [0.15, 0.2) is 30.3 Å². The van der Waals surface area contributed by atoms with Crippen LogP contribution in [0.1, 0.15) is 53.6 Å². The summed E-state index contributed by atoms with van der Waals surface area (Å²) in [6.45, 7) is 0.874. The zero-order chi connectivity index (χ0) is 27.7. The number of carbonyl (C=O) groups excluding carboxylic acids is 4. The van der Waals surface area contributed by atoms with Crippen LogP contribution in [-0.2, 0) is 27.3 Å². The summed E-state index contributed by atoms with van der Waals surface area (Å²) in [5.41, 5.74) is 0.893. The lowest BCUT2D eigenvalue weighted by Gasteiger charge is -2.35. The van der Waals surface area contributed by atoms with E-state index < -0.39 is 30.0 Å². The standard InChI is InChI=1S/C28H29F2N3O6/c1-38-19-11-22(29)21(23(30)12-19)13-26(35)32-9-3-2-4-17(32)15-39-18-5-6-20-16(10-18)14-33(28(20)37)24-7-8-25(34)31-27(24)36/h5-6,10-12,17,24H,2-4,7-9,13-15H2,1H3,(H,31,34,36)/t17-,24?/m0/s1. The molecule has 39 heavy (non-hydrogen) atoms. The van der Waals surface area contributed by atoms with Gasteiger partial charge in [-0.15, -0.1) is 0 Å². The first-order chi connectivity index (χ1) is 18.7. The van der Waals surface area contributed by atoms with Crippen molar-refractivity contribution >= 4 is 23.6 Å². The number of hydrogen-bond acceptors (Lipinski definition) is 6. The van der Waals surface area contributed by atoms with Gasteiger partial charge >= 0.3 is 0 Å². The van der Waals surface area contributed by atoms with Gasteiger partial charge in [0.2, 0.25) is 17.7 Å². The molecule has 206 valence electrons. The predicted octanol–water partition coefficient (Wildman–Crippen LogP) is 2.74. The van der Waals surface area contributed by atoms with E-state index in [1.807, 2.05) is 0 Å². The number of nitrogens with zero attached hydrogens (tertiary/aromatic N) is 2. The lowest BCUT2D eigenvalue weighted by molar-refractivity contribution is -0.137. The van der Waals surface area contributed by atoms with Crippen molar-refractivity contribution in [3.05, 3.63) is 58.7 Å². The molecule has 11 heteroatoms. The highest BCUT2D eigenvalue weighted by atomic mass is 19.1. The fourth-order valence-corrected chi connectivity index (χ4v) is 5.45. The van der Waals surface area contributed by atoms with Crippen molar-refractivity contribution in [1.29, 1.82) is 0 Å². The first-order valence-corrected chi connectivity index (χ1v) is 13.0. The average molecular weight is 542 g/mol. The second kappa shape index (κ2) is 11.0. The molecule has 0 spiro atoms. The van der Waals surface area contributed by atoms with Gasteiger partial charge < -0.3 is 19.3 Å². The molecule has 0 bridgehead atoms. The Morgan fingerprint density at radius 1 is 1.05 bits per heavy atom. The molecule has 0 aromatic heterocycles. The van der Waals surface area contributed by atoms with Crippen molar-refractivity contribution in [3.8, 4) is 11.5 Å². The number of piperidine rings is 2. The van der Waals surface area contributed by atoms with Gasteiger partial charge in [-0.1, -0.05) is 0 Å². The molecule has 0 radical (unpaired) electrons. The molecule has 0 saturated carbocycles. The number of hydrogen-bond donors (Lipinski definition) is 1. The van der Waals surface area contributed by atoms with Crippen LogP contribution in [0.5, 0.6) is 11.5 Å². The number of nitrogens with one attached hydrogen (secondary N) is 1. The summed E-state index contributed by atoms with van der Waals surface area (Å²) >= 11 is 0. The zero-order valence-corrected chi connectivity index (χ0v) is 21.5. The van der Waals surface area contributed by atoms with Gasteiger partial charge in [0.25, 0.3) is 5.91 Å². The smallest absolute Gasteiger partial charge is 0.255 e. The third kappa shape index (κ3) is 5.43. The van der Waals surface area contributed by atoms with Crippen molar-refractivity contribution in [3.63, 3.8) is 0 Å². The molecule has 2 fully saturated rings. The van der Waals surface area contributed by atoms with Gasteiger partial charge in [0.05, 0.1) is 19.6 Å². The molecule has 3 aliphatic heterocycles. The summed E-state index contributed by atoms with van der Waals surface area (Å²) in [7, 11) is 1.31. The van der Waals surface area contributed by atoms with E-state index in [2.05, 4.69) is 5.32 Å². The summed E-state index contributed by atoms with van der Waals surface area (Å²) in [5.74, 6) is -2.57. The minimum absolute atomic E-state index is 0.0433. The van der Waals surface area contributed by atoms with Gasteiger partial charge in [0.1, 0.15) is 35.8 Å². The number of imide groups is 1. The van der Waals surface area contributed by atoms with Crippen molar-refractivity contribution in [2.24, 2.45) is 0 Å². The number of amides is 4. The monoisotopic (exact) mass is 541 g/mol. The third-order valence-corrected chi connectivity index (χ3v) is 7.56. The molecule has 3 aliphatic rings. The highest BCUT2D eigenvalue weighted by Gasteiger charge is 2.39. The first-order valence-electron chi connectivity index (χ1n) is 13.0. The van der Waals surface area contributed by atoms with E-state index in [0.29, 0.717) is 29.8 Å². The van der Waals surface area contributed by atoms with Crippen LogP contribution in [0.3, 0.4) is 0 Å². The van der Waals surface area contributed by atoms with Crippen LogP contribution in [-0.4, -0.2) is 65.8 Å². The Kier molecular flexibility index (Phi) is 7.49. The predicted molar refractivity (Wildman–Crippen MR) is 134 cm³/mol. The molecule has 2 atom stereocenters. The van der Waals surface area contributed by atoms with Crippen LogP contribution in [0.2, 0.25) is 0 Å². The molecule has 3 heterocycles. The SMILES string of the molecule is COc1cc(F)c(CC(=O)N2CCCC[C@H]2COc2ccc3c(c2)CN(C2CCC(=O)NC2=O)C3=O)c(F)c1. The molecule has 1 unspecified atom stereocenters. The van der Waals surface area contributed by atoms with E-state index in [1.54, 1.807) is 23.1 Å². The molecule has 5 rings (SSSR count). The zero-order valence-electron chi connectivity index (χ0n) is 21.5. The second-order valence-electron chi connectivity index (χ2n) is 10.0. The normalized spacial score (nSPS) is 21.1. The minimum Gasteiger partial charge on any atom is -0.497 e. The van der Waals surface area contributed by atoms with Crippen LogP contribution in [0.4, 0.5) is 8.78 Å². The summed E-state index contributed by atoms with van der Waals surface area (Å²) in [6.07, 6.45) is 2.42. The van der Waals surface area contributed by atoms with Crippen LogP contribution in [0.25, 0.3) is 0 Å². The summed E-state index contributed by atoms with van der Waals surface area (Å²) in [4.78, 5) is 52.8. The van der Waals surface area contributed by atoms with Crippen LogP contribution >= 0.6 is 0 Å². The Morgan fingerprint density at radius 3 is 2.54 bits per heavy atom. The molecule has 9 nitrogen and oxygen atoms in total. The van der Waals surface area contributed by atoms with Gasteiger partial charge in [-0.25, -0.2) is 8.78 Å². The highest BCUT2D eigenvalue weighted by Crippen LogP contribution is 2.31. The molecule has 4 amide bonds. The Bertz CT molecular complexity index is 1310. The Balaban J connectivity index is 1.23. The van der Waals surface area contributed by atoms with E-state index >= 15 is 0 Å². The van der Waals surface area contributed by atoms with Crippen molar-refractivity contribution in [2.45, 2.75) is 57.2 Å². The quantitative estimate of drug-likeness (QED) is 0.541. The number of benzene rings is 2. The number of likely N-dealkylation sites (tertiary alicyclic amines) is 1.